The molecule has 0 aliphatic heterocycles. The van der Waals surface area contributed by atoms with Gasteiger partial charge in [-0.05, 0) is 26.4 Å². The molecule has 0 radical (unpaired) electrons. The van der Waals surface area contributed by atoms with Gasteiger partial charge in [0.05, 0.1) is 6.54 Å². The molecule has 0 saturated heterocycles. The predicted octanol–water partition coefficient (Wildman–Crippen LogP) is -0.194. The number of amides is 1. The Bertz CT molecular complexity index is 180. The molecular weight excluding hydrogens is 178 g/mol. The molecule has 1 aliphatic rings. The van der Waals surface area contributed by atoms with Crippen LogP contribution in [0.4, 0.5) is 0 Å². The highest BCUT2D eigenvalue weighted by molar-refractivity contribution is 5.77. The van der Waals surface area contributed by atoms with Gasteiger partial charge in [-0.3, -0.25) is 9.69 Å². The number of carbonyl (C=O) groups excluding carboxylic acids is 1. The van der Waals surface area contributed by atoms with Crippen molar-refractivity contribution in [3.8, 4) is 0 Å². The van der Waals surface area contributed by atoms with Crippen LogP contribution in [0.2, 0.25) is 0 Å². The molecule has 0 bridgehead atoms. The quantitative estimate of drug-likeness (QED) is 0.597. The van der Waals surface area contributed by atoms with Gasteiger partial charge in [0.2, 0.25) is 5.91 Å². The van der Waals surface area contributed by atoms with Gasteiger partial charge in [-0.25, -0.2) is 0 Å². The summed E-state index contributed by atoms with van der Waals surface area (Å²) in [6, 6.07) is 0.793. The van der Waals surface area contributed by atoms with E-state index in [4.69, 9.17) is 0 Å². The smallest absolute Gasteiger partial charge is 0.233 e. The maximum absolute atomic E-state index is 11.1. The average molecular weight is 199 g/mol. The summed E-state index contributed by atoms with van der Waals surface area (Å²) in [4.78, 5) is 13.5. The predicted molar refractivity (Wildman–Crippen MR) is 57.2 cm³/mol. The SMILES string of the molecule is CCN(CCNC(=O)CNC)C1CC1. The van der Waals surface area contributed by atoms with E-state index in [1.807, 2.05) is 0 Å². The Hall–Kier alpha value is -0.610. The summed E-state index contributed by atoms with van der Waals surface area (Å²) < 4.78 is 0. The molecule has 1 amide bonds. The Morgan fingerprint density at radius 1 is 1.50 bits per heavy atom. The molecule has 0 aromatic heterocycles. The van der Waals surface area contributed by atoms with E-state index in [0.717, 1.165) is 25.7 Å². The molecule has 1 rings (SSSR count). The monoisotopic (exact) mass is 199 g/mol. The minimum Gasteiger partial charge on any atom is -0.354 e. The van der Waals surface area contributed by atoms with E-state index >= 15 is 0 Å². The Labute approximate surface area is 86.0 Å². The van der Waals surface area contributed by atoms with Crippen LogP contribution in [-0.2, 0) is 4.79 Å². The van der Waals surface area contributed by atoms with Crippen molar-refractivity contribution in [2.45, 2.75) is 25.8 Å². The zero-order valence-corrected chi connectivity index (χ0v) is 9.18. The minimum absolute atomic E-state index is 0.0827. The van der Waals surface area contributed by atoms with E-state index in [1.54, 1.807) is 7.05 Å². The fourth-order valence-electron chi connectivity index (χ4n) is 1.60. The van der Waals surface area contributed by atoms with Gasteiger partial charge in [-0.2, -0.15) is 0 Å². The second-order valence-electron chi connectivity index (χ2n) is 3.74. The Morgan fingerprint density at radius 2 is 2.21 bits per heavy atom. The molecule has 0 heterocycles. The summed E-state index contributed by atoms with van der Waals surface area (Å²) in [5.41, 5.74) is 0. The molecular formula is C10H21N3O. The fourth-order valence-corrected chi connectivity index (χ4v) is 1.60. The third kappa shape index (κ3) is 4.07. The molecule has 4 heteroatoms. The molecule has 4 nitrogen and oxygen atoms in total. The van der Waals surface area contributed by atoms with Crippen LogP contribution in [0.25, 0.3) is 0 Å². The van der Waals surface area contributed by atoms with Gasteiger partial charge < -0.3 is 10.6 Å². The van der Waals surface area contributed by atoms with E-state index in [-0.39, 0.29) is 5.91 Å². The lowest BCUT2D eigenvalue weighted by atomic mass is 10.4. The van der Waals surface area contributed by atoms with Crippen molar-refractivity contribution >= 4 is 5.91 Å². The normalized spacial score (nSPS) is 15.9. The van der Waals surface area contributed by atoms with Gasteiger partial charge in [0, 0.05) is 19.1 Å². The van der Waals surface area contributed by atoms with Gasteiger partial charge in [0.15, 0.2) is 0 Å². The molecule has 1 aliphatic carbocycles. The third-order valence-corrected chi connectivity index (χ3v) is 2.53. The van der Waals surface area contributed by atoms with Crippen LogP contribution < -0.4 is 10.6 Å². The lowest BCUT2D eigenvalue weighted by Gasteiger charge is -2.19. The molecule has 1 fully saturated rings. The van der Waals surface area contributed by atoms with E-state index in [9.17, 15) is 4.79 Å². The second kappa shape index (κ2) is 5.98. The number of likely N-dealkylation sites (N-methyl/N-ethyl adjacent to an activating group) is 2. The van der Waals surface area contributed by atoms with Gasteiger partial charge in [-0.1, -0.05) is 6.92 Å². The maximum atomic E-state index is 11.1. The van der Waals surface area contributed by atoms with Crippen molar-refractivity contribution in [3.63, 3.8) is 0 Å². The number of nitrogens with zero attached hydrogens (tertiary/aromatic N) is 1. The van der Waals surface area contributed by atoms with Gasteiger partial charge >= 0.3 is 0 Å². The van der Waals surface area contributed by atoms with Crippen molar-refractivity contribution in [1.82, 2.24) is 15.5 Å². The highest BCUT2D eigenvalue weighted by Gasteiger charge is 2.27. The zero-order chi connectivity index (χ0) is 10.4. The van der Waals surface area contributed by atoms with Gasteiger partial charge in [0.1, 0.15) is 0 Å². The number of hydrogen-bond donors (Lipinski definition) is 2. The standard InChI is InChI=1S/C10H21N3O/c1-3-13(9-4-5-9)7-6-12-10(14)8-11-2/h9,11H,3-8H2,1-2H3,(H,12,14). The van der Waals surface area contributed by atoms with Crippen LogP contribution in [0.5, 0.6) is 0 Å². The highest BCUT2D eigenvalue weighted by atomic mass is 16.1. The molecule has 0 spiro atoms. The number of rotatable bonds is 7. The molecule has 14 heavy (non-hydrogen) atoms. The first-order valence-electron chi connectivity index (χ1n) is 5.43. The van der Waals surface area contributed by atoms with Crippen molar-refractivity contribution < 1.29 is 4.79 Å². The van der Waals surface area contributed by atoms with Crippen LogP contribution in [-0.4, -0.2) is 50.1 Å². The largest absolute Gasteiger partial charge is 0.354 e. The van der Waals surface area contributed by atoms with Crippen LogP contribution in [0.1, 0.15) is 19.8 Å². The van der Waals surface area contributed by atoms with Crippen molar-refractivity contribution in [2.24, 2.45) is 0 Å². The third-order valence-electron chi connectivity index (χ3n) is 2.53. The molecule has 2 N–H and O–H groups in total. The summed E-state index contributed by atoms with van der Waals surface area (Å²) in [6.45, 7) is 5.43. The summed E-state index contributed by atoms with van der Waals surface area (Å²) in [7, 11) is 1.78. The Kier molecular flexibility index (Phi) is 4.90. The lowest BCUT2D eigenvalue weighted by molar-refractivity contribution is -0.120. The summed E-state index contributed by atoms with van der Waals surface area (Å²) in [5, 5.41) is 5.72. The first kappa shape index (κ1) is 11.5. The van der Waals surface area contributed by atoms with Crippen LogP contribution in [0, 0.1) is 0 Å². The van der Waals surface area contributed by atoms with Crippen LogP contribution >= 0.6 is 0 Å². The number of nitrogens with one attached hydrogen (secondary N) is 2. The summed E-state index contributed by atoms with van der Waals surface area (Å²) in [6.07, 6.45) is 2.66. The molecule has 0 aromatic rings. The van der Waals surface area contributed by atoms with Gasteiger partial charge in [0.25, 0.3) is 0 Å². The Morgan fingerprint density at radius 3 is 2.71 bits per heavy atom. The van der Waals surface area contributed by atoms with E-state index in [1.165, 1.54) is 12.8 Å². The molecule has 82 valence electrons. The molecule has 0 atom stereocenters. The minimum atomic E-state index is 0.0827. The first-order valence-corrected chi connectivity index (χ1v) is 5.43. The fraction of sp³-hybridized carbons (Fsp3) is 0.900. The molecule has 0 unspecified atom stereocenters. The first-order chi connectivity index (χ1) is 6.77. The van der Waals surface area contributed by atoms with Crippen molar-refractivity contribution in [1.29, 1.82) is 0 Å². The second-order valence-corrected chi connectivity index (χ2v) is 3.74. The summed E-state index contributed by atoms with van der Waals surface area (Å²) in [5.74, 6) is 0.0827. The molecule has 0 aromatic carbocycles. The maximum Gasteiger partial charge on any atom is 0.233 e. The lowest BCUT2D eigenvalue weighted by Crippen LogP contribution is -2.39. The van der Waals surface area contributed by atoms with Crippen LogP contribution in [0.3, 0.4) is 0 Å². The number of hydrogen-bond acceptors (Lipinski definition) is 3. The van der Waals surface area contributed by atoms with E-state index < -0.39 is 0 Å². The summed E-state index contributed by atoms with van der Waals surface area (Å²) >= 11 is 0. The topological polar surface area (TPSA) is 44.4 Å². The highest BCUT2D eigenvalue weighted by Crippen LogP contribution is 2.25. The Balaban J connectivity index is 2.03. The van der Waals surface area contributed by atoms with Gasteiger partial charge in [-0.15, -0.1) is 0 Å². The van der Waals surface area contributed by atoms with E-state index in [0.29, 0.717) is 6.54 Å². The van der Waals surface area contributed by atoms with Crippen LogP contribution in [0.15, 0.2) is 0 Å². The molecule has 1 saturated carbocycles. The van der Waals surface area contributed by atoms with Crippen molar-refractivity contribution in [3.05, 3.63) is 0 Å². The zero-order valence-electron chi connectivity index (χ0n) is 9.18. The van der Waals surface area contributed by atoms with Crippen molar-refractivity contribution in [2.75, 3.05) is 33.2 Å². The average Bonchev–Trinajstić information content (AvgIpc) is 2.96. The number of carbonyl (C=O) groups is 1. The van der Waals surface area contributed by atoms with E-state index in [2.05, 4.69) is 22.5 Å².